The number of rotatable bonds is 6. The van der Waals surface area contributed by atoms with E-state index in [1.54, 1.807) is 7.11 Å². The van der Waals surface area contributed by atoms with E-state index in [2.05, 4.69) is 43.0 Å². The number of anilines is 1. The summed E-state index contributed by atoms with van der Waals surface area (Å²) in [5, 5.41) is 3.08. The van der Waals surface area contributed by atoms with E-state index in [0.29, 0.717) is 11.3 Å². The molecule has 0 bridgehead atoms. The van der Waals surface area contributed by atoms with Crippen molar-refractivity contribution in [3.63, 3.8) is 0 Å². The summed E-state index contributed by atoms with van der Waals surface area (Å²) in [7, 11) is 1.61. The Labute approximate surface area is 144 Å². The summed E-state index contributed by atoms with van der Waals surface area (Å²) in [6, 6.07) is 7.54. The molecule has 0 fully saturated rings. The van der Waals surface area contributed by atoms with Crippen LogP contribution >= 0.6 is 0 Å². The maximum atomic E-state index is 12.0. The highest BCUT2D eigenvalue weighted by atomic mass is 16.5. The normalized spacial score (nSPS) is 17.7. The first-order valence-corrected chi connectivity index (χ1v) is 8.51. The van der Waals surface area contributed by atoms with Gasteiger partial charge in [0.05, 0.1) is 19.3 Å². The van der Waals surface area contributed by atoms with Crippen molar-refractivity contribution >= 4 is 11.6 Å². The molecular weight excluding hydrogens is 302 g/mol. The highest BCUT2D eigenvalue weighted by molar-refractivity contribution is 5.81. The second-order valence-electron chi connectivity index (χ2n) is 7.29. The number of amides is 1. The maximum absolute atomic E-state index is 12.0. The lowest BCUT2D eigenvalue weighted by Crippen LogP contribution is -2.41. The van der Waals surface area contributed by atoms with Gasteiger partial charge in [-0.3, -0.25) is 10.2 Å². The first-order chi connectivity index (χ1) is 11.4. The van der Waals surface area contributed by atoms with Gasteiger partial charge in [-0.15, -0.1) is 0 Å². The zero-order valence-corrected chi connectivity index (χ0v) is 15.1. The Kier molecular flexibility index (Phi) is 6.12. The van der Waals surface area contributed by atoms with Gasteiger partial charge in [0.15, 0.2) is 0 Å². The van der Waals surface area contributed by atoms with E-state index in [-0.39, 0.29) is 12.5 Å². The summed E-state index contributed by atoms with van der Waals surface area (Å²) < 4.78 is 5.25. The number of nitrogens with one attached hydrogen (secondary N) is 3. The van der Waals surface area contributed by atoms with E-state index in [4.69, 9.17) is 4.74 Å². The highest BCUT2D eigenvalue weighted by Gasteiger charge is 2.26. The molecule has 1 amide bonds. The number of hydrogen-bond acceptors (Lipinski definition) is 4. The molecule has 1 aliphatic carbocycles. The zero-order chi connectivity index (χ0) is 17.6. The Bertz CT molecular complexity index is 591. The van der Waals surface area contributed by atoms with Gasteiger partial charge in [-0.05, 0) is 42.7 Å². The van der Waals surface area contributed by atoms with Gasteiger partial charge in [0, 0.05) is 5.70 Å². The predicted molar refractivity (Wildman–Crippen MR) is 97.6 cm³/mol. The van der Waals surface area contributed by atoms with Crippen LogP contribution in [0.15, 0.2) is 36.0 Å². The number of hydrazine groups is 1. The Morgan fingerprint density at radius 3 is 2.67 bits per heavy atom. The Morgan fingerprint density at radius 1 is 1.29 bits per heavy atom. The molecule has 0 saturated heterocycles. The smallest absolute Gasteiger partial charge is 0.257 e. The average Bonchev–Trinajstić information content (AvgIpc) is 2.58. The quantitative estimate of drug-likeness (QED) is 0.699. The average molecular weight is 331 g/mol. The zero-order valence-electron chi connectivity index (χ0n) is 15.1. The molecule has 1 aromatic carbocycles. The second kappa shape index (κ2) is 8.08. The summed E-state index contributed by atoms with van der Waals surface area (Å²) in [6.07, 6.45) is 5.38. The van der Waals surface area contributed by atoms with Gasteiger partial charge in [-0.25, -0.2) is 0 Å². The first-order valence-electron chi connectivity index (χ1n) is 8.51. The van der Waals surface area contributed by atoms with Crippen molar-refractivity contribution in [3.05, 3.63) is 36.0 Å². The summed E-state index contributed by atoms with van der Waals surface area (Å²) in [5.74, 6) is 1.31. The van der Waals surface area contributed by atoms with E-state index in [0.717, 1.165) is 36.4 Å². The number of carbonyl (C=O) groups excluding carboxylic acids is 1. The summed E-state index contributed by atoms with van der Waals surface area (Å²) in [5.41, 5.74) is 8.04. The molecule has 0 heterocycles. The molecule has 0 aliphatic heterocycles. The van der Waals surface area contributed by atoms with Gasteiger partial charge in [0.1, 0.15) is 5.75 Å². The van der Waals surface area contributed by atoms with E-state index in [1.165, 1.54) is 0 Å². The van der Waals surface area contributed by atoms with Crippen LogP contribution in [0.2, 0.25) is 0 Å². The molecule has 0 radical (unpaired) electrons. The van der Waals surface area contributed by atoms with Crippen LogP contribution in [-0.2, 0) is 4.79 Å². The van der Waals surface area contributed by atoms with Crippen molar-refractivity contribution in [3.8, 4) is 5.75 Å². The fourth-order valence-corrected chi connectivity index (χ4v) is 2.89. The van der Waals surface area contributed by atoms with Gasteiger partial charge in [0.2, 0.25) is 0 Å². The van der Waals surface area contributed by atoms with Crippen LogP contribution in [0.4, 0.5) is 5.69 Å². The number of allylic oxidation sites excluding steroid dienone is 2. The van der Waals surface area contributed by atoms with Crippen LogP contribution in [0.5, 0.6) is 5.75 Å². The molecule has 24 heavy (non-hydrogen) atoms. The summed E-state index contributed by atoms with van der Waals surface area (Å²) in [4.78, 5) is 12.0. The van der Waals surface area contributed by atoms with Crippen molar-refractivity contribution in [2.24, 2.45) is 11.3 Å². The monoisotopic (exact) mass is 331 g/mol. The number of carbonyl (C=O) groups is 1. The largest absolute Gasteiger partial charge is 0.495 e. The Balaban J connectivity index is 1.75. The van der Waals surface area contributed by atoms with Gasteiger partial charge < -0.3 is 15.5 Å². The van der Waals surface area contributed by atoms with Gasteiger partial charge in [-0.1, -0.05) is 39.0 Å². The van der Waals surface area contributed by atoms with Crippen molar-refractivity contribution < 1.29 is 9.53 Å². The molecule has 5 nitrogen and oxygen atoms in total. The Morgan fingerprint density at radius 2 is 2.04 bits per heavy atom. The van der Waals surface area contributed by atoms with Crippen LogP contribution in [0.25, 0.3) is 0 Å². The lowest BCUT2D eigenvalue weighted by molar-refractivity contribution is -0.120. The van der Waals surface area contributed by atoms with Crippen LogP contribution in [0.3, 0.4) is 0 Å². The molecule has 0 aromatic heterocycles. The van der Waals surface area contributed by atoms with Crippen molar-refractivity contribution in [1.29, 1.82) is 0 Å². The van der Waals surface area contributed by atoms with E-state index in [1.807, 2.05) is 24.3 Å². The lowest BCUT2D eigenvalue weighted by atomic mass is 9.74. The van der Waals surface area contributed by atoms with Crippen molar-refractivity contribution in [2.45, 2.75) is 40.0 Å². The van der Waals surface area contributed by atoms with Gasteiger partial charge in [-0.2, -0.15) is 0 Å². The number of ether oxygens (including phenoxy) is 1. The van der Waals surface area contributed by atoms with E-state index >= 15 is 0 Å². The van der Waals surface area contributed by atoms with E-state index in [9.17, 15) is 4.79 Å². The minimum Gasteiger partial charge on any atom is -0.495 e. The third-order valence-corrected chi connectivity index (χ3v) is 4.54. The summed E-state index contributed by atoms with van der Waals surface area (Å²) >= 11 is 0. The number of para-hydroxylation sites is 2. The Hall–Kier alpha value is -2.17. The van der Waals surface area contributed by atoms with Gasteiger partial charge >= 0.3 is 0 Å². The SMILES string of the molecule is COc1ccccc1NCC(=O)NNC1=CC[C@H](C(C)(C)C)CC1. The molecule has 0 saturated carbocycles. The van der Waals surface area contributed by atoms with Crippen molar-refractivity contribution in [2.75, 3.05) is 19.0 Å². The van der Waals surface area contributed by atoms with Crippen LogP contribution in [-0.4, -0.2) is 19.6 Å². The fraction of sp³-hybridized carbons (Fsp3) is 0.526. The molecule has 3 N–H and O–H groups in total. The molecule has 0 unspecified atom stereocenters. The van der Waals surface area contributed by atoms with Crippen LogP contribution in [0, 0.1) is 11.3 Å². The fourth-order valence-electron chi connectivity index (χ4n) is 2.89. The maximum Gasteiger partial charge on any atom is 0.257 e. The van der Waals surface area contributed by atoms with E-state index < -0.39 is 0 Å². The molecular formula is C19H29N3O2. The third-order valence-electron chi connectivity index (χ3n) is 4.54. The minimum absolute atomic E-state index is 0.111. The molecule has 1 atom stereocenters. The van der Waals surface area contributed by atoms with Crippen molar-refractivity contribution in [1.82, 2.24) is 10.9 Å². The minimum atomic E-state index is -0.111. The predicted octanol–water partition coefficient (Wildman–Crippen LogP) is 3.46. The molecule has 5 heteroatoms. The number of methoxy groups -OCH3 is 1. The first kappa shape index (κ1) is 18.2. The summed E-state index contributed by atoms with van der Waals surface area (Å²) in [6.45, 7) is 7.05. The molecule has 0 spiro atoms. The molecule has 132 valence electrons. The number of benzene rings is 1. The molecule has 1 aromatic rings. The topological polar surface area (TPSA) is 62.4 Å². The standard InChI is InChI=1S/C19H29N3O2/c1-19(2,3)14-9-11-15(12-10-14)21-22-18(23)13-20-16-7-5-6-8-17(16)24-4/h5-8,11,14,20-21H,9-10,12-13H2,1-4H3,(H,22,23)/t14-/m0/s1. The highest BCUT2D eigenvalue weighted by Crippen LogP contribution is 2.36. The lowest BCUT2D eigenvalue weighted by Gasteiger charge is -2.33. The van der Waals surface area contributed by atoms with Crippen LogP contribution in [0.1, 0.15) is 40.0 Å². The molecule has 1 aliphatic rings. The van der Waals surface area contributed by atoms with Crippen LogP contribution < -0.4 is 20.9 Å². The molecule has 2 rings (SSSR count). The number of hydrogen-bond donors (Lipinski definition) is 3. The third kappa shape index (κ3) is 5.18. The van der Waals surface area contributed by atoms with Gasteiger partial charge in [0.25, 0.3) is 5.91 Å². The second-order valence-corrected chi connectivity index (χ2v) is 7.29.